The van der Waals surface area contributed by atoms with Crippen LogP contribution in [0.2, 0.25) is 0 Å². The molecule has 1 aromatic carbocycles. The summed E-state index contributed by atoms with van der Waals surface area (Å²) >= 11 is 2.46. The van der Waals surface area contributed by atoms with E-state index < -0.39 is 33.4 Å². The number of hydrogen-bond donors (Lipinski definition) is 0. The van der Waals surface area contributed by atoms with Gasteiger partial charge in [0, 0.05) is 19.0 Å². The van der Waals surface area contributed by atoms with Crippen molar-refractivity contribution in [3.8, 4) is 0 Å². The molecule has 2 nitrogen and oxygen atoms in total. The van der Waals surface area contributed by atoms with E-state index in [1.54, 1.807) is 0 Å². The first-order chi connectivity index (χ1) is 8.97. The maximum absolute atomic E-state index is 13.7. The molecule has 0 radical (unpaired) electrons. The van der Waals surface area contributed by atoms with Crippen LogP contribution in [0.4, 0.5) is 23.2 Å². The van der Waals surface area contributed by atoms with Gasteiger partial charge in [-0.2, -0.15) is 0 Å². The molecule has 0 bridgehead atoms. The normalized spacial score (nSPS) is 16.8. The van der Waals surface area contributed by atoms with Crippen molar-refractivity contribution in [1.82, 2.24) is 0 Å². The van der Waals surface area contributed by atoms with Crippen molar-refractivity contribution in [3.63, 3.8) is 0 Å². The number of aldehydes is 1. The summed E-state index contributed by atoms with van der Waals surface area (Å²) in [5, 5.41) is 0. The highest BCUT2D eigenvalue weighted by atomic mass is 79.9. The molecule has 104 valence electrons. The number of anilines is 1. The Labute approximate surface area is 115 Å². The fourth-order valence-corrected chi connectivity index (χ4v) is 2.48. The smallest absolute Gasteiger partial charge is 0.186 e. The van der Waals surface area contributed by atoms with Crippen LogP contribution in [0.25, 0.3) is 0 Å². The average molecular weight is 340 g/mol. The zero-order chi connectivity index (χ0) is 14.2. The van der Waals surface area contributed by atoms with E-state index in [9.17, 15) is 22.4 Å². The van der Waals surface area contributed by atoms with Crippen molar-refractivity contribution in [3.05, 3.63) is 27.7 Å². The first-order valence-electron chi connectivity index (χ1n) is 5.69. The largest absolute Gasteiger partial charge is 0.367 e. The van der Waals surface area contributed by atoms with Crippen molar-refractivity contribution in [2.24, 2.45) is 5.92 Å². The fourth-order valence-electron chi connectivity index (χ4n) is 2.13. The van der Waals surface area contributed by atoms with Gasteiger partial charge in [-0.15, -0.1) is 0 Å². The van der Waals surface area contributed by atoms with Crippen molar-refractivity contribution in [2.45, 2.75) is 12.8 Å². The lowest BCUT2D eigenvalue weighted by molar-refractivity contribution is -0.111. The summed E-state index contributed by atoms with van der Waals surface area (Å²) in [6, 6.07) is 0. The highest BCUT2D eigenvalue weighted by Crippen LogP contribution is 2.35. The molecule has 0 atom stereocenters. The van der Waals surface area contributed by atoms with E-state index >= 15 is 0 Å². The minimum atomic E-state index is -1.45. The van der Waals surface area contributed by atoms with Crippen LogP contribution in [-0.4, -0.2) is 19.4 Å². The predicted octanol–water partition coefficient (Wildman–Crippen LogP) is 3.42. The molecule has 0 spiro atoms. The molecule has 1 aliphatic rings. The molecule has 0 saturated carbocycles. The molecule has 1 saturated heterocycles. The molecule has 0 unspecified atom stereocenters. The number of nitrogens with zero attached hydrogens (tertiary/aromatic N) is 1. The van der Waals surface area contributed by atoms with E-state index in [-0.39, 0.29) is 19.0 Å². The monoisotopic (exact) mass is 339 g/mol. The summed E-state index contributed by atoms with van der Waals surface area (Å²) in [6.45, 7) is 0.357. The van der Waals surface area contributed by atoms with Gasteiger partial charge in [0.1, 0.15) is 12.0 Å². The van der Waals surface area contributed by atoms with Gasteiger partial charge in [0.05, 0.1) is 4.47 Å². The van der Waals surface area contributed by atoms with Gasteiger partial charge in [-0.1, -0.05) is 0 Å². The van der Waals surface area contributed by atoms with Crippen LogP contribution < -0.4 is 4.90 Å². The Kier molecular flexibility index (Phi) is 4.13. The van der Waals surface area contributed by atoms with Gasteiger partial charge in [-0.25, -0.2) is 17.6 Å². The van der Waals surface area contributed by atoms with Crippen LogP contribution in [0.15, 0.2) is 4.47 Å². The van der Waals surface area contributed by atoms with Crippen molar-refractivity contribution >= 4 is 27.9 Å². The number of benzene rings is 1. The first kappa shape index (κ1) is 14.3. The molecule has 1 aliphatic heterocycles. The van der Waals surface area contributed by atoms with Gasteiger partial charge >= 0.3 is 0 Å². The maximum atomic E-state index is 13.7. The molecule has 0 amide bonds. The number of rotatable bonds is 2. The number of piperidine rings is 1. The Morgan fingerprint density at radius 1 is 1.00 bits per heavy atom. The van der Waals surface area contributed by atoms with E-state index in [2.05, 4.69) is 15.9 Å². The second kappa shape index (κ2) is 5.48. The molecule has 7 heteroatoms. The number of carbonyl (C=O) groups is 1. The van der Waals surface area contributed by atoms with E-state index in [4.69, 9.17) is 0 Å². The van der Waals surface area contributed by atoms with E-state index in [1.165, 1.54) is 4.90 Å². The van der Waals surface area contributed by atoms with Crippen LogP contribution in [0, 0.1) is 29.2 Å². The molecule has 1 heterocycles. The Balaban J connectivity index is 2.38. The fraction of sp³-hybridized carbons (Fsp3) is 0.417. The minimum absolute atomic E-state index is 0.174. The third kappa shape index (κ3) is 2.48. The number of halogens is 5. The van der Waals surface area contributed by atoms with E-state index in [1.807, 2.05) is 0 Å². The van der Waals surface area contributed by atoms with Gasteiger partial charge < -0.3 is 9.69 Å². The number of carbonyl (C=O) groups excluding carboxylic acids is 1. The molecule has 0 N–H and O–H groups in total. The highest BCUT2D eigenvalue weighted by molar-refractivity contribution is 9.10. The van der Waals surface area contributed by atoms with Crippen LogP contribution in [0.5, 0.6) is 0 Å². The van der Waals surface area contributed by atoms with Gasteiger partial charge in [0.25, 0.3) is 0 Å². The predicted molar refractivity (Wildman–Crippen MR) is 65.0 cm³/mol. The Bertz CT molecular complexity index is 486. The quantitative estimate of drug-likeness (QED) is 0.356. The third-order valence-electron chi connectivity index (χ3n) is 3.23. The molecule has 2 rings (SSSR count). The lowest BCUT2D eigenvalue weighted by Crippen LogP contribution is -2.35. The van der Waals surface area contributed by atoms with E-state index in [0.29, 0.717) is 12.8 Å². The average Bonchev–Trinajstić information content (AvgIpc) is 2.44. The second-order valence-corrected chi connectivity index (χ2v) is 5.17. The van der Waals surface area contributed by atoms with Gasteiger partial charge in [0.15, 0.2) is 23.3 Å². The maximum Gasteiger partial charge on any atom is 0.186 e. The summed E-state index contributed by atoms with van der Waals surface area (Å²) in [5.41, 5.74) is -0.706. The summed E-state index contributed by atoms with van der Waals surface area (Å²) in [4.78, 5) is 11.8. The number of hydrogen-bond acceptors (Lipinski definition) is 2. The zero-order valence-corrected chi connectivity index (χ0v) is 11.3. The zero-order valence-electron chi connectivity index (χ0n) is 9.73. The summed E-state index contributed by atoms with van der Waals surface area (Å²) < 4.78 is 53.5. The van der Waals surface area contributed by atoms with Crippen LogP contribution in [0.3, 0.4) is 0 Å². The molecule has 0 aromatic heterocycles. The minimum Gasteiger partial charge on any atom is -0.367 e. The lowest BCUT2D eigenvalue weighted by Gasteiger charge is -2.32. The van der Waals surface area contributed by atoms with Crippen molar-refractivity contribution in [1.29, 1.82) is 0 Å². The van der Waals surface area contributed by atoms with Gasteiger partial charge in [-0.3, -0.25) is 0 Å². The molecular weight excluding hydrogens is 330 g/mol. The first-order valence-corrected chi connectivity index (χ1v) is 6.48. The molecule has 19 heavy (non-hydrogen) atoms. The molecule has 0 aliphatic carbocycles. The highest BCUT2D eigenvalue weighted by Gasteiger charge is 2.29. The van der Waals surface area contributed by atoms with Gasteiger partial charge in [0.2, 0.25) is 0 Å². The van der Waals surface area contributed by atoms with Crippen LogP contribution >= 0.6 is 15.9 Å². The van der Waals surface area contributed by atoms with Crippen molar-refractivity contribution < 1.29 is 22.4 Å². The summed E-state index contributed by atoms with van der Waals surface area (Å²) in [5.74, 6) is -5.92. The topological polar surface area (TPSA) is 20.3 Å². The molecule has 1 aromatic rings. The lowest BCUT2D eigenvalue weighted by atomic mass is 9.98. The summed E-state index contributed by atoms with van der Waals surface area (Å²) in [6.07, 6.45) is 1.59. The Hall–Kier alpha value is -1.11. The van der Waals surface area contributed by atoms with Crippen LogP contribution in [0.1, 0.15) is 12.8 Å². The Morgan fingerprint density at radius 2 is 1.47 bits per heavy atom. The van der Waals surface area contributed by atoms with Crippen LogP contribution in [-0.2, 0) is 4.79 Å². The molecule has 1 fully saturated rings. The standard InChI is InChI=1S/C12H10BrF4NO/c13-7-8(14)10(16)12(11(17)9(7)15)18-3-1-6(5-19)2-4-18/h5-6H,1-4H2. The third-order valence-corrected chi connectivity index (χ3v) is 3.93. The second-order valence-electron chi connectivity index (χ2n) is 4.38. The SMILES string of the molecule is O=CC1CCN(c2c(F)c(F)c(Br)c(F)c2F)CC1. The Morgan fingerprint density at radius 3 is 1.89 bits per heavy atom. The van der Waals surface area contributed by atoms with Gasteiger partial charge in [-0.05, 0) is 28.8 Å². The summed E-state index contributed by atoms with van der Waals surface area (Å²) in [7, 11) is 0. The molecular formula is C12H10BrF4NO. The van der Waals surface area contributed by atoms with Crippen molar-refractivity contribution in [2.75, 3.05) is 18.0 Å². The van der Waals surface area contributed by atoms with E-state index in [0.717, 1.165) is 6.29 Å².